The van der Waals surface area contributed by atoms with Crippen LogP contribution in [0.15, 0.2) is 60.0 Å². The summed E-state index contributed by atoms with van der Waals surface area (Å²) in [7, 11) is 0. The molecule has 1 aromatic heterocycles. The molecule has 140 valence electrons. The number of carbonyl (C=O) groups is 1. The molecule has 0 saturated heterocycles. The number of carbonyl (C=O) groups excluding carboxylic acids is 1. The van der Waals surface area contributed by atoms with E-state index in [2.05, 4.69) is 15.4 Å². The predicted octanol–water partition coefficient (Wildman–Crippen LogP) is 4.67. The maximum atomic E-state index is 13.0. The summed E-state index contributed by atoms with van der Waals surface area (Å²) in [6.45, 7) is 0. The van der Waals surface area contributed by atoms with E-state index in [-0.39, 0.29) is 17.1 Å². The van der Waals surface area contributed by atoms with Gasteiger partial charge < -0.3 is 5.32 Å². The first-order chi connectivity index (χ1) is 12.8. The number of nitrogens with zero attached hydrogens (tertiary/aromatic N) is 3. The summed E-state index contributed by atoms with van der Waals surface area (Å²) in [6, 6.07) is 10.0. The largest absolute Gasteiger partial charge is 0.416 e. The zero-order chi connectivity index (χ0) is 19.4. The molecule has 0 saturated carbocycles. The van der Waals surface area contributed by atoms with Crippen molar-refractivity contribution in [1.29, 1.82) is 0 Å². The Morgan fingerprint density at radius 3 is 2.67 bits per heavy atom. The van der Waals surface area contributed by atoms with Gasteiger partial charge in [0.05, 0.1) is 27.7 Å². The third kappa shape index (κ3) is 4.81. The lowest BCUT2D eigenvalue weighted by atomic mass is 10.1. The van der Waals surface area contributed by atoms with Crippen LogP contribution in [0.5, 0.6) is 0 Å². The molecule has 27 heavy (non-hydrogen) atoms. The maximum Gasteiger partial charge on any atom is 0.416 e. The minimum atomic E-state index is -4.54. The lowest BCUT2D eigenvalue weighted by Crippen LogP contribution is -2.17. The van der Waals surface area contributed by atoms with Gasteiger partial charge in [-0.25, -0.2) is 9.67 Å². The Morgan fingerprint density at radius 2 is 2.00 bits per heavy atom. The number of amides is 1. The molecule has 0 unspecified atom stereocenters. The number of alkyl halides is 3. The first-order valence-corrected chi connectivity index (χ1v) is 8.94. The fourth-order valence-electron chi connectivity index (χ4n) is 2.24. The highest BCUT2D eigenvalue weighted by molar-refractivity contribution is 8.00. The predicted molar refractivity (Wildman–Crippen MR) is 97.2 cm³/mol. The van der Waals surface area contributed by atoms with Crippen LogP contribution in [-0.4, -0.2) is 26.4 Å². The molecule has 1 amide bonds. The highest BCUT2D eigenvalue weighted by Gasteiger charge is 2.31. The highest BCUT2D eigenvalue weighted by Crippen LogP contribution is 2.33. The third-order valence-corrected chi connectivity index (χ3v) is 4.97. The van der Waals surface area contributed by atoms with Crippen molar-refractivity contribution >= 4 is 35.0 Å². The number of nitrogens with one attached hydrogen (secondary N) is 1. The number of hydrogen-bond donors (Lipinski definition) is 1. The van der Waals surface area contributed by atoms with Crippen LogP contribution in [-0.2, 0) is 11.0 Å². The van der Waals surface area contributed by atoms with Crippen LogP contribution in [0, 0.1) is 0 Å². The Morgan fingerprint density at radius 1 is 1.22 bits per heavy atom. The van der Waals surface area contributed by atoms with Gasteiger partial charge in [0.25, 0.3) is 0 Å². The molecule has 5 nitrogen and oxygen atoms in total. The molecule has 0 aliphatic rings. The summed E-state index contributed by atoms with van der Waals surface area (Å²) >= 11 is 7.22. The van der Waals surface area contributed by atoms with Crippen LogP contribution in [0.1, 0.15) is 5.56 Å². The highest BCUT2D eigenvalue weighted by atomic mass is 35.5. The van der Waals surface area contributed by atoms with Crippen molar-refractivity contribution < 1.29 is 18.0 Å². The molecule has 3 aromatic rings. The van der Waals surface area contributed by atoms with E-state index in [1.807, 2.05) is 0 Å². The molecule has 0 atom stereocenters. The molecule has 10 heteroatoms. The molecule has 0 fully saturated rings. The van der Waals surface area contributed by atoms with E-state index in [1.54, 1.807) is 24.3 Å². The number of rotatable bonds is 5. The van der Waals surface area contributed by atoms with Gasteiger partial charge in [-0.05, 0) is 30.3 Å². The van der Waals surface area contributed by atoms with Gasteiger partial charge in [-0.15, -0.1) is 11.8 Å². The average Bonchev–Trinajstić information content (AvgIpc) is 3.14. The molecule has 0 aliphatic heterocycles. The van der Waals surface area contributed by atoms with Crippen LogP contribution in [0.2, 0.25) is 5.02 Å². The molecule has 0 bridgehead atoms. The molecule has 2 aromatic carbocycles. The summed E-state index contributed by atoms with van der Waals surface area (Å²) in [4.78, 5) is 16.8. The molecule has 3 rings (SSSR count). The molecule has 0 radical (unpaired) electrons. The van der Waals surface area contributed by atoms with Crippen molar-refractivity contribution in [3.05, 3.63) is 65.7 Å². The summed E-state index contributed by atoms with van der Waals surface area (Å²) in [5.74, 6) is -0.489. The van der Waals surface area contributed by atoms with E-state index >= 15 is 0 Å². The maximum absolute atomic E-state index is 13.0. The number of aromatic nitrogens is 3. The van der Waals surface area contributed by atoms with Crippen LogP contribution in [0.25, 0.3) is 5.69 Å². The van der Waals surface area contributed by atoms with E-state index < -0.39 is 17.6 Å². The monoisotopic (exact) mass is 412 g/mol. The van der Waals surface area contributed by atoms with Crippen molar-refractivity contribution in [3.8, 4) is 5.69 Å². The molecule has 0 spiro atoms. The second-order valence-corrected chi connectivity index (χ2v) is 6.76. The fourth-order valence-corrected chi connectivity index (χ4v) is 3.28. The molecular weight excluding hydrogens is 401 g/mol. The smallest absolute Gasteiger partial charge is 0.323 e. The Bertz CT molecular complexity index is 948. The van der Waals surface area contributed by atoms with E-state index in [4.69, 9.17) is 11.6 Å². The zero-order valence-corrected chi connectivity index (χ0v) is 15.1. The number of hydrogen-bond acceptors (Lipinski definition) is 4. The van der Waals surface area contributed by atoms with Crippen molar-refractivity contribution in [2.75, 3.05) is 11.1 Å². The zero-order valence-electron chi connectivity index (χ0n) is 13.6. The third-order valence-electron chi connectivity index (χ3n) is 3.46. The van der Waals surface area contributed by atoms with Gasteiger partial charge in [0.1, 0.15) is 12.7 Å². The van der Waals surface area contributed by atoms with Crippen LogP contribution < -0.4 is 5.32 Å². The summed E-state index contributed by atoms with van der Waals surface area (Å²) in [6.07, 6.45) is -1.96. The Labute approximate surface area is 161 Å². The lowest BCUT2D eigenvalue weighted by Gasteiger charge is -2.14. The fraction of sp³-hybridized carbons (Fsp3) is 0.118. The summed E-state index contributed by atoms with van der Waals surface area (Å²) < 4.78 is 40.4. The van der Waals surface area contributed by atoms with E-state index in [9.17, 15) is 18.0 Å². The lowest BCUT2D eigenvalue weighted by molar-refractivity contribution is -0.137. The first kappa shape index (κ1) is 19.2. The molecule has 0 aliphatic carbocycles. The number of halogens is 4. The van der Waals surface area contributed by atoms with Gasteiger partial charge in [-0.2, -0.15) is 18.3 Å². The molecule has 1 N–H and O–H groups in total. The minimum Gasteiger partial charge on any atom is -0.323 e. The van der Waals surface area contributed by atoms with E-state index in [0.29, 0.717) is 9.92 Å². The molecular formula is C17H12ClF3N4OS. The standard InChI is InChI=1S/C17H12ClF3N4OS/c18-12-3-1-2-4-15(12)27-8-16(26)24-13-7-11(17(19,20)21)5-6-14(13)25-10-22-9-23-25/h1-7,9-10H,8H2,(H,24,26). The number of anilines is 1. The minimum absolute atomic E-state index is 0.0138. The van der Waals surface area contributed by atoms with Gasteiger partial charge >= 0.3 is 6.18 Å². The Hall–Kier alpha value is -2.52. The van der Waals surface area contributed by atoms with Crippen molar-refractivity contribution in [3.63, 3.8) is 0 Å². The van der Waals surface area contributed by atoms with Crippen molar-refractivity contribution in [1.82, 2.24) is 14.8 Å². The number of benzene rings is 2. The van der Waals surface area contributed by atoms with Crippen molar-refractivity contribution in [2.24, 2.45) is 0 Å². The van der Waals surface area contributed by atoms with E-state index in [1.165, 1.54) is 35.2 Å². The van der Waals surface area contributed by atoms with Crippen molar-refractivity contribution in [2.45, 2.75) is 11.1 Å². The first-order valence-electron chi connectivity index (χ1n) is 7.58. The quantitative estimate of drug-likeness (QED) is 0.619. The Balaban J connectivity index is 1.81. The molecule has 1 heterocycles. The Kier molecular flexibility index (Phi) is 5.71. The van der Waals surface area contributed by atoms with Crippen LogP contribution in [0.4, 0.5) is 18.9 Å². The van der Waals surface area contributed by atoms with Crippen LogP contribution >= 0.6 is 23.4 Å². The van der Waals surface area contributed by atoms with Gasteiger partial charge in [0.15, 0.2) is 0 Å². The van der Waals surface area contributed by atoms with E-state index in [0.717, 1.165) is 12.1 Å². The topological polar surface area (TPSA) is 59.8 Å². The van der Waals surface area contributed by atoms with Crippen LogP contribution in [0.3, 0.4) is 0 Å². The van der Waals surface area contributed by atoms with Gasteiger partial charge in [0, 0.05) is 4.90 Å². The summed E-state index contributed by atoms with van der Waals surface area (Å²) in [5.41, 5.74) is -0.614. The average molecular weight is 413 g/mol. The normalized spacial score (nSPS) is 11.4. The van der Waals surface area contributed by atoms with Gasteiger partial charge in [0.2, 0.25) is 5.91 Å². The SMILES string of the molecule is O=C(CSc1ccccc1Cl)Nc1cc(C(F)(F)F)ccc1-n1cncn1. The second kappa shape index (κ2) is 8.01. The number of thioether (sulfide) groups is 1. The second-order valence-electron chi connectivity index (χ2n) is 5.34. The summed E-state index contributed by atoms with van der Waals surface area (Å²) in [5, 5.41) is 6.91. The van der Waals surface area contributed by atoms with Gasteiger partial charge in [-0.3, -0.25) is 4.79 Å². The van der Waals surface area contributed by atoms with Gasteiger partial charge in [-0.1, -0.05) is 23.7 Å².